The van der Waals surface area contributed by atoms with Gasteiger partial charge in [-0.1, -0.05) is 212 Å². The van der Waals surface area contributed by atoms with Crippen molar-refractivity contribution in [2.45, 2.75) is 11.8 Å². The first kappa shape index (κ1) is 34.5. The molecule has 0 N–H and O–H groups in total. The molecule has 11 aromatic rings. The fourth-order valence-corrected chi connectivity index (χ4v) is 10.2. The predicted octanol–water partition coefficient (Wildman–Crippen LogP) is 16.4. The molecule has 0 aliphatic heterocycles. The van der Waals surface area contributed by atoms with Gasteiger partial charge in [-0.15, -0.1) is 0 Å². The minimum absolute atomic E-state index is 0.210. The van der Waals surface area contributed by atoms with Crippen LogP contribution in [-0.4, -0.2) is 0 Å². The Labute approximate surface area is 350 Å². The van der Waals surface area contributed by atoms with Gasteiger partial charge in [0, 0.05) is 11.8 Å². The summed E-state index contributed by atoms with van der Waals surface area (Å²) in [4.78, 5) is 0. The first-order valence-electron chi connectivity index (χ1n) is 21.1. The van der Waals surface area contributed by atoms with Crippen molar-refractivity contribution in [3.8, 4) is 33.4 Å². The molecule has 0 amide bonds. The normalized spacial score (nSPS) is 14.9. The number of hydrogen-bond acceptors (Lipinski definition) is 0. The van der Waals surface area contributed by atoms with Crippen molar-refractivity contribution >= 4 is 59.9 Å². The van der Waals surface area contributed by atoms with Gasteiger partial charge < -0.3 is 0 Å². The van der Waals surface area contributed by atoms with Gasteiger partial charge in [0.1, 0.15) is 0 Å². The zero-order valence-corrected chi connectivity index (χ0v) is 33.1. The van der Waals surface area contributed by atoms with E-state index in [1.54, 1.807) is 0 Å². The molecule has 12 rings (SSSR count). The van der Waals surface area contributed by atoms with Gasteiger partial charge >= 0.3 is 0 Å². The van der Waals surface area contributed by atoms with Crippen LogP contribution in [0.3, 0.4) is 0 Å². The van der Waals surface area contributed by atoms with Gasteiger partial charge in [-0.25, -0.2) is 0 Å². The zero-order valence-electron chi connectivity index (χ0n) is 33.1. The van der Waals surface area contributed by atoms with Crippen LogP contribution >= 0.6 is 0 Å². The van der Waals surface area contributed by atoms with E-state index in [0.717, 1.165) is 0 Å². The van der Waals surface area contributed by atoms with E-state index in [0.29, 0.717) is 0 Å². The molecule has 0 heteroatoms. The van der Waals surface area contributed by atoms with E-state index >= 15 is 0 Å². The molecule has 0 saturated heterocycles. The van der Waals surface area contributed by atoms with E-state index in [4.69, 9.17) is 0 Å². The Hall–Kier alpha value is -7.54. The maximum atomic E-state index is 2.44. The Balaban J connectivity index is 1.02. The van der Waals surface area contributed by atoms with E-state index in [-0.39, 0.29) is 11.8 Å². The van der Waals surface area contributed by atoms with Crippen LogP contribution in [-0.2, 0) is 0 Å². The van der Waals surface area contributed by atoms with E-state index < -0.39 is 0 Å². The third-order valence-electron chi connectivity index (χ3n) is 13.1. The van der Waals surface area contributed by atoms with Gasteiger partial charge in [0.05, 0.1) is 0 Å². The van der Waals surface area contributed by atoms with Crippen molar-refractivity contribution in [3.05, 3.63) is 247 Å². The Morgan fingerprint density at radius 3 is 1.45 bits per heavy atom. The summed E-state index contributed by atoms with van der Waals surface area (Å²) in [5.74, 6) is 0.427. The van der Waals surface area contributed by atoms with Gasteiger partial charge in [0.15, 0.2) is 0 Å². The highest BCUT2D eigenvalue weighted by atomic mass is 14.3. The summed E-state index contributed by atoms with van der Waals surface area (Å²) in [5, 5.41) is 12.7. The molecule has 0 radical (unpaired) electrons. The van der Waals surface area contributed by atoms with Crippen LogP contribution in [0.1, 0.15) is 34.1 Å². The Bertz CT molecular complexity index is 3480. The lowest BCUT2D eigenvalue weighted by Crippen LogP contribution is -2.15. The average Bonchev–Trinajstić information content (AvgIpc) is 3.32. The van der Waals surface area contributed by atoms with Crippen molar-refractivity contribution in [1.82, 2.24) is 0 Å². The van der Waals surface area contributed by atoms with E-state index in [9.17, 15) is 0 Å². The molecule has 0 heterocycles. The number of benzene rings is 11. The molecule has 0 bridgehead atoms. The van der Waals surface area contributed by atoms with Crippen molar-refractivity contribution in [3.63, 3.8) is 0 Å². The topological polar surface area (TPSA) is 0 Å². The van der Waals surface area contributed by atoms with Crippen molar-refractivity contribution in [2.75, 3.05) is 0 Å². The molecule has 2 atom stereocenters. The lowest BCUT2D eigenvalue weighted by molar-refractivity contribution is 0.709. The first-order valence-corrected chi connectivity index (χ1v) is 21.1. The second-order valence-electron chi connectivity index (χ2n) is 16.4. The molecule has 1 aliphatic carbocycles. The molecule has 11 aromatic carbocycles. The third kappa shape index (κ3) is 5.68. The smallest absolute Gasteiger partial charge is 0.0199 e. The highest BCUT2D eigenvalue weighted by Gasteiger charge is 2.30. The van der Waals surface area contributed by atoms with Crippen molar-refractivity contribution in [2.24, 2.45) is 0 Å². The highest BCUT2D eigenvalue weighted by molar-refractivity contribution is 6.22. The first-order chi connectivity index (χ1) is 29.7. The van der Waals surface area contributed by atoms with Crippen LogP contribution in [0.5, 0.6) is 0 Å². The molecule has 280 valence electrons. The van der Waals surface area contributed by atoms with Crippen LogP contribution in [0.15, 0.2) is 224 Å². The van der Waals surface area contributed by atoms with Crippen LogP contribution < -0.4 is 0 Å². The minimum Gasteiger partial charge on any atom is -0.0754 e. The Morgan fingerprint density at radius 1 is 0.283 bits per heavy atom. The Kier molecular flexibility index (Phi) is 8.10. The minimum atomic E-state index is 0.210. The summed E-state index contributed by atoms with van der Waals surface area (Å²) in [7, 11) is 0. The zero-order chi connectivity index (χ0) is 39.6. The number of rotatable bonds is 5. The fraction of sp³-hybridized carbons (Fsp3) is 0.0333. The molecule has 0 spiro atoms. The standard InChI is InChI=1S/C60H40/c1-2-15-44(16-3-1)58-51(34-35-52-50-19-9-8-14-42(50)30-32-55(52)58)43-26-22-41(23-27-43)47-31-33-56-57(38-47)60(49-29-25-40-13-5-7-18-46(40)37-49)54-21-11-10-20-53(54)59(56)48-28-24-39-12-4-6-17-45(39)36-48/h1-38,51,58H. The van der Waals surface area contributed by atoms with Crippen LogP contribution in [0, 0.1) is 0 Å². The van der Waals surface area contributed by atoms with Gasteiger partial charge in [0.2, 0.25) is 0 Å². The second-order valence-corrected chi connectivity index (χ2v) is 16.4. The quantitative estimate of drug-likeness (QED) is 0.153. The summed E-state index contributed by atoms with van der Waals surface area (Å²) in [6.07, 6.45) is 4.80. The van der Waals surface area contributed by atoms with Crippen molar-refractivity contribution < 1.29 is 0 Å². The molecular weight excluding hydrogens is 721 g/mol. The molecule has 0 aromatic heterocycles. The maximum Gasteiger partial charge on any atom is 0.0199 e. The molecule has 1 aliphatic rings. The lowest BCUT2D eigenvalue weighted by atomic mass is 9.71. The molecule has 0 saturated carbocycles. The monoisotopic (exact) mass is 760 g/mol. The van der Waals surface area contributed by atoms with Gasteiger partial charge in [-0.05, 0) is 128 Å². The fourth-order valence-electron chi connectivity index (χ4n) is 10.2. The van der Waals surface area contributed by atoms with Gasteiger partial charge in [-0.3, -0.25) is 0 Å². The number of hydrogen-bond donors (Lipinski definition) is 0. The second kappa shape index (κ2) is 14.1. The summed E-state index contributed by atoms with van der Waals surface area (Å²) in [5.41, 5.74) is 12.9. The van der Waals surface area contributed by atoms with E-state index in [2.05, 4.69) is 231 Å². The predicted molar refractivity (Wildman–Crippen MR) is 257 cm³/mol. The summed E-state index contributed by atoms with van der Waals surface area (Å²) in [6.45, 7) is 0. The molecule has 60 heavy (non-hydrogen) atoms. The summed E-state index contributed by atoms with van der Waals surface area (Å²) in [6, 6.07) is 81.3. The largest absolute Gasteiger partial charge is 0.0754 e. The lowest BCUT2D eigenvalue weighted by Gasteiger charge is -2.32. The third-order valence-corrected chi connectivity index (χ3v) is 13.1. The SMILES string of the molecule is C1=CC(c2ccc(-c3ccc4c(-c5ccc6ccccc6c5)c5ccccc5c(-c5ccc6ccccc6c5)c4c3)cc2)C(c2ccccc2)c2ccc3ccccc3c21. The summed E-state index contributed by atoms with van der Waals surface area (Å²) >= 11 is 0. The molecule has 0 nitrogen and oxygen atoms in total. The highest BCUT2D eigenvalue weighted by Crippen LogP contribution is 2.48. The van der Waals surface area contributed by atoms with Crippen molar-refractivity contribution in [1.29, 1.82) is 0 Å². The van der Waals surface area contributed by atoms with E-state index in [1.807, 2.05) is 0 Å². The molecule has 2 unspecified atom stereocenters. The van der Waals surface area contributed by atoms with Gasteiger partial charge in [0.25, 0.3) is 0 Å². The number of fused-ring (bicyclic) bond motifs is 7. The van der Waals surface area contributed by atoms with Crippen LogP contribution in [0.4, 0.5) is 0 Å². The Morgan fingerprint density at radius 2 is 0.783 bits per heavy atom. The summed E-state index contributed by atoms with van der Waals surface area (Å²) < 4.78 is 0. The van der Waals surface area contributed by atoms with Crippen LogP contribution in [0.2, 0.25) is 0 Å². The molecule has 0 fully saturated rings. The van der Waals surface area contributed by atoms with Crippen LogP contribution in [0.25, 0.3) is 93.3 Å². The number of allylic oxidation sites excluding steroid dienone is 1. The van der Waals surface area contributed by atoms with E-state index in [1.165, 1.54) is 109 Å². The maximum absolute atomic E-state index is 2.44. The molecular formula is C60H40. The van der Waals surface area contributed by atoms with Gasteiger partial charge in [-0.2, -0.15) is 0 Å². The average molecular weight is 761 g/mol.